The standard InChI is InChI=1S/C22H23N5O2/c1-12(2)20-25-26-22(29-20)24-16-7-6-13(3)17(10-16)18-9-15-11-23-14(4)8-19(15)27(5)21(18)28/h6-12H,1-5H3,(H,24,26). The highest BCUT2D eigenvalue weighted by Crippen LogP contribution is 2.28. The summed E-state index contributed by atoms with van der Waals surface area (Å²) in [6.07, 6.45) is 1.80. The zero-order chi connectivity index (χ0) is 20.7. The monoisotopic (exact) mass is 389 g/mol. The molecule has 0 amide bonds. The highest BCUT2D eigenvalue weighted by Gasteiger charge is 2.14. The summed E-state index contributed by atoms with van der Waals surface area (Å²) in [5.74, 6) is 0.732. The van der Waals surface area contributed by atoms with Crippen LogP contribution in [0.2, 0.25) is 0 Å². The Morgan fingerprint density at radius 2 is 1.86 bits per heavy atom. The Bertz CT molecular complexity index is 1270. The quantitative estimate of drug-likeness (QED) is 0.554. The predicted molar refractivity (Wildman–Crippen MR) is 114 cm³/mol. The molecule has 3 aromatic heterocycles. The van der Waals surface area contributed by atoms with Crippen LogP contribution in [0.5, 0.6) is 0 Å². The van der Waals surface area contributed by atoms with E-state index in [1.165, 1.54) is 0 Å². The van der Waals surface area contributed by atoms with E-state index in [1.807, 2.05) is 58.0 Å². The number of benzene rings is 1. The third-order valence-electron chi connectivity index (χ3n) is 4.96. The minimum Gasteiger partial charge on any atom is -0.408 e. The van der Waals surface area contributed by atoms with Crippen LogP contribution in [-0.4, -0.2) is 19.7 Å². The van der Waals surface area contributed by atoms with Gasteiger partial charge in [-0.2, -0.15) is 0 Å². The van der Waals surface area contributed by atoms with Crippen LogP contribution in [0.1, 0.15) is 36.9 Å². The van der Waals surface area contributed by atoms with Gasteiger partial charge in [-0.15, -0.1) is 5.10 Å². The number of fused-ring (bicyclic) bond motifs is 1. The second-order valence-corrected chi connectivity index (χ2v) is 7.56. The van der Waals surface area contributed by atoms with Crippen molar-refractivity contribution in [2.45, 2.75) is 33.6 Å². The maximum Gasteiger partial charge on any atom is 0.320 e. The molecule has 0 aliphatic carbocycles. The van der Waals surface area contributed by atoms with Crippen LogP contribution in [0.25, 0.3) is 22.0 Å². The zero-order valence-corrected chi connectivity index (χ0v) is 17.1. The van der Waals surface area contributed by atoms with Gasteiger partial charge in [-0.25, -0.2) is 0 Å². The van der Waals surface area contributed by atoms with Crippen LogP contribution in [0.3, 0.4) is 0 Å². The lowest BCUT2D eigenvalue weighted by molar-refractivity contribution is 0.483. The highest BCUT2D eigenvalue weighted by molar-refractivity contribution is 5.85. The van der Waals surface area contributed by atoms with E-state index in [2.05, 4.69) is 20.5 Å². The molecular formula is C22H23N5O2. The molecule has 0 saturated heterocycles. The zero-order valence-electron chi connectivity index (χ0n) is 17.1. The van der Waals surface area contributed by atoms with Crippen molar-refractivity contribution < 1.29 is 4.42 Å². The average Bonchev–Trinajstić information content (AvgIpc) is 3.16. The summed E-state index contributed by atoms with van der Waals surface area (Å²) in [6, 6.07) is 9.98. The van der Waals surface area contributed by atoms with Gasteiger partial charge < -0.3 is 14.3 Å². The van der Waals surface area contributed by atoms with Crippen LogP contribution in [-0.2, 0) is 7.05 Å². The first-order valence-electron chi connectivity index (χ1n) is 9.51. The smallest absolute Gasteiger partial charge is 0.320 e. The lowest BCUT2D eigenvalue weighted by Gasteiger charge is -2.12. The maximum atomic E-state index is 13.1. The molecule has 0 radical (unpaired) electrons. The van der Waals surface area contributed by atoms with Crippen LogP contribution >= 0.6 is 0 Å². The van der Waals surface area contributed by atoms with E-state index in [1.54, 1.807) is 17.8 Å². The van der Waals surface area contributed by atoms with Crippen molar-refractivity contribution in [3.05, 3.63) is 64.0 Å². The molecule has 7 heteroatoms. The minimum atomic E-state index is -0.0526. The van der Waals surface area contributed by atoms with Gasteiger partial charge in [0.05, 0.1) is 5.52 Å². The Hall–Kier alpha value is -3.48. The van der Waals surface area contributed by atoms with E-state index in [0.717, 1.165) is 33.4 Å². The van der Waals surface area contributed by atoms with Crippen molar-refractivity contribution in [2.24, 2.45) is 7.05 Å². The highest BCUT2D eigenvalue weighted by atomic mass is 16.4. The predicted octanol–water partition coefficient (Wildman–Crippen LogP) is 4.47. The lowest BCUT2D eigenvalue weighted by Crippen LogP contribution is -2.19. The number of nitrogens with one attached hydrogen (secondary N) is 1. The van der Waals surface area contributed by atoms with E-state index in [4.69, 9.17) is 4.42 Å². The molecular weight excluding hydrogens is 366 g/mol. The largest absolute Gasteiger partial charge is 0.408 e. The molecule has 0 bridgehead atoms. The fraction of sp³-hybridized carbons (Fsp3) is 0.273. The topological polar surface area (TPSA) is 85.8 Å². The van der Waals surface area contributed by atoms with Gasteiger partial charge in [0, 0.05) is 41.5 Å². The normalized spacial score (nSPS) is 11.4. The number of nitrogens with zero attached hydrogens (tertiary/aromatic N) is 4. The summed E-state index contributed by atoms with van der Waals surface area (Å²) in [6.45, 7) is 7.89. The molecule has 1 N–H and O–H groups in total. The van der Waals surface area contributed by atoms with E-state index >= 15 is 0 Å². The third kappa shape index (κ3) is 3.51. The average molecular weight is 389 g/mol. The van der Waals surface area contributed by atoms with Gasteiger partial charge in [-0.1, -0.05) is 25.0 Å². The molecule has 0 aliphatic rings. The summed E-state index contributed by atoms with van der Waals surface area (Å²) in [5, 5.41) is 12.1. The van der Waals surface area contributed by atoms with Crippen molar-refractivity contribution in [3.63, 3.8) is 0 Å². The fourth-order valence-corrected chi connectivity index (χ4v) is 3.29. The van der Waals surface area contributed by atoms with Crippen LogP contribution in [0.4, 0.5) is 11.7 Å². The molecule has 4 rings (SSSR count). The molecule has 7 nitrogen and oxygen atoms in total. The van der Waals surface area contributed by atoms with Gasteiger partial charge in [0.2, 0.25) is 5.89 Å². The fourth-order valence-electron chi connectivity index (χ4n) is 3.29. The molecule has 0 unspecified atom stereocenters. The van der Waals surface area contributed by atoms with E-state index < -0.39 is 0 Å². The van der Waals surface area contributed by atoms with Gasteiger partial charge in [-0.3, -0.25) is 9.78 Å². The summed E-state index contributed by atoms with van der Waals surface area (Å²) >= 11 is 0. The van der Waals surface area contributed by atoms with Crippen molar-refractivity contribution in [3.8, 4) is 11.1 Å². The SMILES string of the molecule is Cc1cc2c(cn1)cc(-c1cc(Nc3nnc(C(C)C)o3)ccc1C)c(=O)n2C. The molecule has 0 fully saturated rings. The molecule has 148 valence electrons. The molecule has 0 saturated carbocycles. The molecule has 0 spiro atoms. The number of aryl methyl sites for hydroxylation is 3. The lowest BCUT2D eigenvalue weighted by atomic mass is 9.99. The van der Waals surface area contributed by atoms with E-state index in [-0.39, 0.29) is 11.5 Å². The van der Waals surface area contributed by atoms with Gasteiger partial charge >= 0.3 is 6.01 Å². The Morgan fingerprint density at radius 3 is 2.59 bits per heavy atom. The number of anilines is 2. The maximum absolute atomic E-state index is 13.1. The Labute approximate surface area is 168 Å². The summed E-state index contributed by atoms with van der Waals surface area (Å²) in [7, 11) is 1.79. The van der Waals surface area contributed by atoms with Crippen molar-refractivity contribution in [1.82, 2.24) is 19.7 Å². The van der Waals surface area contributed by atoms with Gasteiger partial charge in [0.1, 0.15) is 0 Å². The van der Waals surface area contributed by atoms with Gasteiger partial charge in [0.25, 0.3) is 5.56 Å². The first-order chi connectivity index (χ1) is 13.8. The summed E-state index contributed by atoms with van der Waals surface area (Å²) < 4.78 is 7.30. The summed E-state index contributed by atoms with van der Waals surface area (Å²) in [5.41, 5.74) is 4.94. The Morgan fingerprint density at radius 1 is 1.07 bits per heavy atom. The number of pyridine rings is 2. The number of aromatic nitrogens is 4. The molecule has 0 aliphatic heterocycles. The third-order valence-corrected chi connectivity index (χ3v) is 4.96. The molecule has 4 aromatic rings. The minimum absolute atomic E-state index is 0.0526. The van der Waals surface area contributed by atoms with Gasteiger partial charge in [0.15, 0.2) is 0 Å². The Balaban J connectivity index is 1.79. The first kappa shape index (κ1) is 18.9. The number of hydrogen-bond acceptors (Lipinski definition) is 6. The number of hydrogen-bond donors (Lipinski definition) is 1. The van der Waals surface area contributed by atoms with Crippen LogP contribution < -0.4 is 10.9 Å². The van der Waals surface area contributed by atoms with E-state index in [9.17, 15) is 4.79 Å². The molecule has 29 heavy (non-hydrogen) atoms. The Kier molecular flexibility index (Phi) is 4.66. The molecule has 0 atom stereocenters. The van der Waals surface area contributed by atoms with Gasteiger partial charge in [-0.05, 0) is 49.2 Å². The second-order valence-electron chi connectivity index (χ2n) is 7.56. The van der Waals surface area contributed by atoms with Crippen LogP contribution in [0.15, 0.2) is 45.7 Å². The number of rotatable bonds is 4. The molecule has 3 heterocycles. The van der Waals surface area contributed by atoms with Crippen LogP contribution in [0, 0.1) is 13.8 Å². The first-order valence-corrected chi connectivity index (χ1v) is 9.51. The second kappa shape index (κ2) is 7.16. The summed E-state index contributed by atoms with van der Waals surface area (Å²) in [4.78, 5) is 17.4. The van der Waals surface area contributed by atoms with Crippen molar-refractivity contribution in [2.75, 3.05) is 5.32 Å². The van der Waals surface area contributed by atoms with E-state index in [0.29, 0.717) is 17.5 Å². The van der Waals surface area contributed by atoms with Crippen molar-refractivity contribution in [1.29, 1.82) is 0 Å². The molecule has 1 aromatic carbocycles. The van der Waals surface area contributed by atoms with Crippen molar-refractivity contribution >= 4 is 22.6 Å².